The van der Waals surface area contributed by atoms with Crippen LogP contribution in [0.25, 0.3) is 0 Å². The number of halogens is 1. The average molecular weight is 195 g/mol. The van der Waals surface area contributed by atoms with Crippen LogP contribution in [0.2, 0.25) is 0 Å². The number of ether oxygens (including phenoxy) is 1. The van der Waals surface area contributed by atoms with Crippen molar-refractivity contribution in [3.05, 3.63) is 29.3 Å². The number of pyridine rings is 1. The van der Waals surface area contributed by atoms with Gasteiger partial charge in [0.25, 0.3) is 0 Å². The molecule has 0 saturated carbocycles. The average Bonchev–Trinajstić information content (AvgIpc) is 2.16. The first-order valence-corrected chi connectivity index (χ1v) is 4.90. The molecule has 1 atom stereocenters. The van der Waals surface area contributed by atoms with Crippen molar-refractivity contribution in [2.75, 3.05) is 6.61 Å². The lowest BCUT2D eigenvalue weighted by atomic mass is 9.89. The number of aromatic nitrogens is 1. The van der Waals surface area contributed by atoms with Crippen molar-refractivity contribution in [3.8, 4) is 0 Å². The molecule has 0 fully saturated rings. The summed E-state index contributed by atoms with van der Waals surface area (Å²) in [4.78, 5) is 4.17. The number of rotatable bonds is 1. The van der Waals surface area contributed by atoms with E-state index in [4.69, 9.17) is 4.74 Å². The zero-order chi connectivity index (χ0) is 10.1. The van der Waals surface area contributed by atoms with Gasteiger partial charge in [-0.15, -0.1) is 0 Å². The molecule has 2 nitrogen and oxygen atoms in total. The molecule has 2 rings (SSSR count). The van der Waals surface area contributed by atoms with E-state index in [2.05, 4.69) is 18.8 Å². The van der Waals surface area contributed by atoms with E-state index in [1.807, 2.05) is 0 Å². The summed E-state index contributed by atoms with van der Waals surface area (Å²) >= 11 is 0. The highest BCUT2D eigenvalue weighted by Crippen LogP contribution is 2.30. The Morgan fingerprint density at radius 1 is 1.57 bits per heavy atom. The summed E-state index contributed by atoms with van der Waals surface area (Å²) in [5.74, 6) is 0.503. The fourth-order valence-corrected chi connectivity index (χ4v) is 1.82. The second kappa shape index (κ2) is 3.65. The molecule has 0 spiro atoms. The van der Waals surface area contributed by atoms with Crippen molar-refractivity contribution in [3.63, 3.8) is 0 Å². The van der Waals surface area contributed by atoms with E-state index >= 15 is 0 Å². The SMILES string of the molecule is CC(C)C1COCc2cc(F)cnc21. The van der Waals surface area contributed by atoms with Crippen LogP contribution in [0.3, 0.4) is 0 Å². The molecule has 0 radical (unpaired) electrons. The summed E-state index contributed by atoms with van der Waals surface area (Å²) in [6.45, 7) is 5.45. The standard InChI is InChI=1S/C11H14FNO/c1-7(2)10-6-14-5-8-3-9(12)4-13-11(8)10/h3-4,7,10H,5-6H2,1-2H3. The third-order valence-electron chi connectivity index (χ3n) is 2.68. The Hall–Kier alpha value is -0.960. The smallest absolute Gasteiger partial charge is 0.141 e. The van der Waals surface area contributed by atoms with Gasteiger partial charge in [0.1, 0.15) is 5.82 Å². The van der Waals surface area contributed by atoms with E-state index in [0.29, 0.717) is 25.0 Å². The highest BCUT2D eigenvalue weighted by molar-refractivity contribution is 5.25. The van der Waals surface area contributed by atoms with Crippen LogP contribution in [0.4, 0.5) is 4.39 Å². The normalized spacial score (nSPS) is 21.0. The minimum atomic E-state index is -0.281. The van der Waals surface area contributed by atoms with Crippen LogP contribution in [-0.4, -0.2) is 11.6 Å². The van der Waals surface area contributed by atoms with E-state index in [0.717, 1.165) is 11.3 Å². The molecule has 1 aliphatic heterocycles. The molecule has 1 unspecified atom stereocenters. The van der Waals surface area contributed by atoms with Crippen molar-refractivity contribution < 1.29 is 9.13 Å². The maximum atomic E-state index is 12.9. The molecule has 0 saturated heterocycles. The molecule has 1 aromatic rings. The lowest BCUT2D eigenvalue weighted by molar-refractivity contribution is 0.0767. The molecule has 0 aromatic carbocycles. The number of nitrogens with zero attached hydrogens (tertiary/aromatic N) is 1. The topological polar surface area (TPSA) is 22.1 Å². The molecule has 0 N–H and O–H groups in total. The third-order valence-corrected chi connectivity index (χ3v) is 2.68. The second-order valence-electron chi connectivity index (χ2n) is 4.06. The predicted molar refractivity (Wildman–Crippen MR) is 51.4 cm³/mol. The van der Waals surface area contributed by atoms with Gasteiger partial charge >= 0.3 is 0 Å². The predicted octanol–water partition coefficient (Wildman–Crippen LogP) is 2.49. The monoisotopic (exact) mass is 195 g/mol. The Morgan fingerprint density at radius 3 is 3.07 bits per heavy atom. The van der Waals surface area contributed by atoms with Crippen LogP contribution in [0, 0.1) is 11.7 Å². The van der Waals surface area contributed by atoms with E-state index in [-0.39, 0.29) is 5.82 Å². The summed E-state index contributed by atoms with van der Waals surface area (Å²) in [6.07, 6.45) is 1.29. The Kier molecular flexibility index (Phi) is 2.50. The number of hydrogen-bond donors (Lipinski definition) is 0. The summed E-state index contributed by atoms with van der Waals surface area (Å²) in [6, 6.07) is 1.52. The second-order valence-corrected chi connectivity index (χ2v) is 4.06. The van der Waals surface area contributed by atoms with Gasteiger partial charge in [-0.05, 0) is 12.0 Å². The number of fused-ring (bicyclic) bond motifs is 1. The first-order chi connectivity index (χ1) is 6.68. The van der Waals surface area contributed by atoms with Crippen molar-refractivity contribution in [2.24, 2.45) is 5.92 Å². The minimum absolute atomic E-state index is 0.281. The molecule has 1 aromatic heterocycles. The van der Waals surface area contributed by atoms with Crippen LogP contribution in [0.15, 0.2) is 12.3 Å². The molecule has 76 valence electrons. The van der Waals surface area contributed by atoms with E-state index in [9.17, 15) is 4.39 Å². The summed E-state index contributed by atoms with van der Waals surface area (Å²) in [7, 11) is 0. The van der Waals surface area contributed by atoms with Gasteiger partial charge < -0.3 is 4.74 Å². The summed E-state index contributed by atoms with van der Waals surface area (Å²) < 4.78 is 18.3. The maximum absolute atomic E-state index is 12.9. The van der Waals surface area contributed by atoms with Gasteiger partial charge in [-0.25, -0.2) is 4.39 Å². The van der Waals surface area contributed by atoms with E-state index in [1.54, 1.807) is 0 Å². The first-order valence-electron chi connectivity index (χ1n) is 4.90. The highest BCUT2D eigenvalue weighted by Gasteiger charge is 2.25. The summed E-state index contributed by atoms with van der Waals surface area (Å²) in [5, 5.41) is 0. The lowest BCUT2D eigenvalue weighted by Crippen LogP contribution is -2.22. The van der Waals surface area contributed by atoms with Crippen LogP contribution >= 0.6 is 0 Å². The van der Waals surface area contributed by atoms with Crippen LogP contribution in [-0.2, 0) is 11.3 Å². The summed E-state index contributed by atoms with van der Waals surface area (Å²) in [5.41, 5.74) is 1.91. The van der Waals surface area contributed by atoms with Crippen molar-refractivity contribution in [2.45, 2.75) is 26.4 Å². The largest absolute Gasteiger partial charge is 0.376 e. The van der Waals surface area contributed by atoms with Crippen molar-refractivity contribution in [1.29, 1.82) is 0 Å². The fourth-order valence-electron chi connectivity index (χ4n) is 1.82. The fraction of sp³-hybridized carbons (Fsp3) is 0.545. The van der Waals surface area contributed by atoms with Crippen molar-refractivity contribution >= 4 is 0 Å². The molecule has 3 heteroatoms. The molecule has 14 heavy (non-hydrogen) atoms. The quantitative estimate of drug-likeness (QED) is 0.686. The van der Waals surface area contributed by atoms with Gasteiger partial charge in [-0.1, -0.05) is 13.8 Å². The van der Waals surface area contributed by atoms with E-state index in [1.165, 1.54) is 12.3 Å². The van der Waals surface area contributed by atoms with Gasteiger partial charge in [0.2, 0.25) is 0 Å². The van der Waals surface area contributed by atoms with Crippen LogP contribution in [0.5, 0.6) is 0 Å². The molecule has 2 heterocycles. The Labute approximate surface area is 83.1 Å². The molecule has 0 aliphatic carbocycles. The first kappa shape index (κ1) is 9.59. The zero-order valence-corrected chi connectivity index (χ0v) is 8.46. The van der Waals surface area contributed by atoms with Gasteiger partial charge in [-0.2, -0.15) is 0 Å². The third kappa shape index (κ3) is 1.64. The Balaban J connectivity index is 2.40. The molecular formula is C11H14FNO. The van der Waals surface area contributed by atoms with Crippen LogP contribution in [0.1, 0.15) is 31.0 Å². The lowest BCUT2D eigenvalue weighted by Gasteiger charge is -2.27. The van der Waals surface area contributed by atoms with Gasteiger partial charge in [0.15, 0.2) is 0 Å². The van der Waals surface area contributed by atoms with Gasteiger partial charge in [0, 0.05) is 11.5 Å². The van der Waals surface area contributed by atoms with Gasteiger partial charge in [0.05, 0.1) is 25.1 Å². The Bertz CT molecular complexity index is 338. The van der Waals surface area contributed by atoms with Crippen LogP contribution < -0.4 is 0 Å². The minimum Gasteiger partial charge on any atom is -0.376 e. The van der Waals surface area contributed by atoms with Crippen molar-refractivity contribution in [1.82, 2.24) is 4.98 Å². The zero-order valence-electron chi connectivity index (χ0n) is 8.46. The highest BCUT2D eigenvalue weighted by atomic mass is 19.1. The molecule has 0 amide bonds. The van der Waals surface area contributed by atoms with Gasteiger partial charge in [-0.3, -0.25) is 4.98 Å². The Morgan fingerprint density at radius 2 is 2.36 bits per heavy atom. The molecular weight excluding hydrogens is 181 g/mol. The maximum Gasteiger partial charge on any atom is 0.141 e. The molecule has 0 bridgehead atoms. The number of hydrogen-bond acceptors (Lipinski definition) is 2. The molecule has 1 aliphatic rings. The van der Waals surface area contributed by atoms with E-state index < -0.39 is 0 Å².